The Morgan fingerprint density at radius 2 is 1.81 bits per heavy atom. The minimum Gasteiger partial charge on any atom is -0.480 e. The summed E-state index contributed by atoms with van der Waals surface area (Å²) in [6.45, 7) is 6.72. The van der Waals surface area contributed by atoms with Crippen LogP contribution in [-0.2, 0) is 17.4 Å². The van der Waals surface area contributed by atoms with E-state index in [0.29, 0.717) is 30.1 Å². The lowest BCUT2D eigenvalue weighted by molar-refractivity contribution is -0.143. The van der Waals surface area contributed by atoms with Crippen molar-refractivity contribution in [1.29, 1.82) is 0 Å². The first-order valence-corrected chi connectivity index (χ1v) is 16.3. The fourth-order valence-electron chi connectivity index (χ4n) is 7.01. The molecule has 3 atom stereocenters. The number of likely N-dealkylation sites (tertiary alicyclic amines) is 2. The van der Waals surface area contributed by atoms with Gasteiger partial charge in [-0.1, -0.05) is 54.8 Å². The molecule has 0 unspecified atom stereocenters. The van der Waals surface area contributed by atoms with Gasteiger partial charge in [-0.05, 0) is 80.3 Å². The summed E-state index contributed by atoms with van der Waals surface area (Å²) < 4.78 is 38.7. The summed E-state index contributed by atoms with van der Waals surface area (Å²) in [7, 11) is 0. The number of piperidine rings is 1. The molecule has 2 aromatic carbocycles. The summed E-state index contributed by atoms with van der Waals surface area (Å²) in [5.41, 5.74) is 2.77. The van der Waals surface area contributed by atoms with Gasteiger partial charge in [0.15, 0.2) is 0 Å². The molecule has 1 N–H and O–H groups in total. The highest BCUT2D eigenvalue weighted by Crippen LogP contribution is 2.40. The van der Waals surface area contributed by atoms with Crippen molar-refractivity contribution in [3.05, 3.63) is 86.9 Å². The van der Waals surface area contributed by atoms with Crippen LogP contribution in [0.25, 0.3) is 0 Å². The van der Waals surface area contributed by atoms with Crippen LogP contribution in [0.4, 0.5) is 13.2 Å². The summed E-state index contributed by atoms with van der Waals surface area (Å²) in [5, 5.41) is 11.0. The van der Waals surface area contributed by atoms with Crippen LogP contribution in [0.15, 0.2) is 54.7 Å². The maximum atomic E-state index is 12.9. The van der Waals surface area contributed by atoms with E-state index in [1.54, 1.807) is 23.5 Å². The van der Waals surface area contributed by atoms with Gasteiger partial charge in [0.25, 0.3) is 0 Å². The number of aromatic nitrogens is 1. The van der Waals surface area contributed by atoms with Crippen LogP contribution in [0.2, 0.25) is 0 Å². The first-order valence-electron chi connectivity index (χ1n) is 15.5. The van der Waals surface area contributed by atoms with Gasteiger partial charge in [-0.25, -0.2) is 4.98 Å². The minimum absolute atomic E-state index is 0.327. The van der Waals surface area contributed by atoms with Crippen molar-refractivity contribution in [3.8, 4) is 0 Å². The molecule has 1 saturated carbocycles. The van der Waals surface area contributed by atoms with Gasteiger partial charge in [0.1, 0.15) is 6.04 Å². The van der Waals surface area contributed by atoms with Gasteiger partial charge >= 0.3 is 12.1 Å². The number of carbonyl (C=O) groups is 1. The number of aryl methyl sites for hydroxylation is 1. The SMILES string of the molecule is Cc1cccc([C@H]2CN([C@H](CC3CC3)C(=O)O)C[C@@H]2CN2CCC(c3cnc(Cc4ccc(C(F)(F)F)cc4)s3)CC2)c1. The van der Waals surface area contributed by atoms with E-state index in [2.05, 4.69) is 46.0 Å². The van der Waals surface area contributed by atoms with E-state index in [0.717, 1.165) is 87.5 Å². The number of benzene rings is 2. The molecule has 0 bridgehead atoms. The third-order valence-electron chi connectivity index (χ3n) is 9.61. The van der Waals surface area contributed by atoms with E-state index in [-0.39, 0.29) is 0 Å². The molecule has 5 nitrogen and oxygen atoms in total. The Morgan fingerprint density at radius 1 is 1.07 bits per heavy atom. The van der Waals surface area contributed by atoms with Crippen LogP contribution in [0, 0.1) is 18.8 Å². The standard InChI is InChI=1S/C34H40F3N3O2S/c1-22-3-2-4-26(15-22)29-21-40(30(33(41)42)16-23-5-6-23)20-27(29)19-39-13-11-25(12-14-39)31-18-38-32(43-31)17-24-7-9-28(10-8-24)34(35,36)37/h2-4,7-10,15,18,23,25,27,29-30H,5-6,11-14,16-17,19-21H2,1H3,(H,41,42)/t27-,29+,30+/m0/s1. The Morgan fingerprint density at radius 3 is 2.47 bits per heavy atom. The van der Waals surface area contributed by atoms with Crippen LogP contribution in [0.5, 0.6) is 0 Å². The van der Waals surface area contributed by atoms with Crippen LogP contribution in [0.3, 0.4) is 0 Å². The number of hydrogen-bond acceptors (Lipinski definition) is 5. The maximum Gasteiger partial charge on any atom is 0.416 e. The second-order valence-corrected chi connectivity index (χ2v) is 14.0. The number of hydrogen-bond donors (Lipinski definition) is 1. The first-order chi connectivity index (χ1) is 20.6. The molecular weight excluding hydrogens is 571 g/mol. The summed E-state index contributed by atoms with van der Waals surface area (Å²) in [6, 6.07) is 13.7. The van der Waals surface area contributed by atoms with Crippen molar-refractivity contribution in [2.24, 2.45) is 11.8 Å². The van der Waals surface area contributed by atoms with Gasteiger partial charge in [0.05, 0.1) is 10.6 Å². The van der Waals surface area contributed by atoms with E-state index in [1.165, 1.54) is 16.0 Å². The maximum absolute atomic E-state index is 12.9. The number of halogens is 3. The van der Waals surface area contributed by atoms with Gasteiger partial charge in [-0.2, -0.15) is 13.2 Å². The molecule has 3 aliphatic rings. The Balaban J connectivity index is 1.07. The Bertz CT molecular complexity index is 1400. The predicted molar refractivity (Wildman–Crippen MR) is 163 cm³/mol. The van der Waals surface area contributed by atoms with Crippen molar-refractivity contribution in [1.82, 2.24) is 14.8 Å². The summed E-state index contributed by atoms with van der Waals surface area (Å²) >= 11 is 1.68. The summed E-state index contributed by atoms with van der Waals surface area (Å²) in [6.07, 6.45) is 3.36. The average molecular weight is 612 g/mol. The quantitative estimate of drug-likeness (QED) is 0.263. The van der Waals surface area contributed by atoms with Gasteiger partial charge < -0.3 is 10.0 Å². The molecule has 3 heterocycles. The summed E-state index contributed by atoms with van der Waals surface area (Å²) in [4.78, 5) is 22.9. The lowest BCUT2D eigenvalue weighted by Gasteiger charge is -2.34. The highest BCUT2D eigenvalue weighted by Gasteiger charge is 2.42. The van der Waals surface area contributed by atoms with E-state index < -0.39 is 23.8 Å². The lowest BCUT2D eigenvalue weighted by atomic mass is 9.87. The largest absolute Gasteiger partial charge is 0.480 e. The normalized spacial score (nSPS) is 23.1. The third-order valence-corrected chi connectivity index (χ3v) is 10.8. The van der Waals surface area contributed by atoms with Crippen molar-refractivity contribution in [2.75, 3.05) is 32.7 Å². The van der Waals surface area contributed by atoms with Crippen molar-refractivity contribution < 1.29 is 23.1 Å². The van der Waals surface area contributed by atoms with Crippen LogP contribution >= 0.6 is 11.3 Å². The van der Waals surface area contributed by atoms with E-state index >= 15 is 0 Å². The van der Waals surface area contributed by atoms with Crippen LogP contribution in [-0.4, -0.2) is 64.6 Å². The predicted octanol–water partition coefficient (Wildman–Crippen LogP) is 7.21. The number of aliphatic carboxylic acids is 1. The molecule has 1 aliphatic carbocycles. The monoisotopic (exact) mass is 611 g/mol. The third kappa shape index (κ3) is 7.49. The zero-order valence-corrected chi connectivity index (χ0v) is 25.4. The van der Waals surface area contributed by atoms with Gasteiger partial charge in [-0.3, -0.25) is 9.69 Å². The number of alkyl halides is 3. The average Bonchev–Trinajstić information content (AvgIpc) is 3.52. The zero-order valence-electron chi connectivity index (χ0n) is 24.6. The molecule has 2 saturated heterocycles. The minimum atomic E-state index is -4.32. The lowest BCUT2D eigenvalue weighted by Crippen LogP contribution is -2.41. The number of nitrogens with zero attached hydrogens (tertiary/aromatic N) is 3. The molecule has 0 radical (unpaired) electrons. The highest BCUT2D eigenvalue weighted by atomic mass is 32.1. The van der Waals surface area contributed by atoms with Crippen molar-refractivity contribution in [2.45, 2.75) is 69.5 Å². The molecule has 0 spiro atoms. The molecular formula is C34H40F3N3O2S. The summed E-state index contributed by atoms with van der Waals surface area (Å²) in [5.74, 6) is 1.04. The first kappa shape index (κ1) is 30.3. The van der Waals surface area contributed by atoms with Crippen molar-refractivity contribution >= 4 is 17.3 Å². The van der Waals surface area contributed by atoms with Gasteiger partial charge in [0.2, 0.25) is 0 Å². The van der Waals surface area contributed by atoms with Crippen molar-refractivity contribution in [3.63, 3.8) is 0 Å². The number of carboxylic acid groups (broad SMARTS) is 1. The smallest absolute Gasteiger partial charge is 0.416 e. The van der Waals surface area contributed by atoms with Gasteiger partial charge in [0, 0.05) is 43.0 Å². The molecule has 230 valence electrons. The molecule has 1 aromatic heterocycles. The van der Waals surface area contributed by atoms with E-state index in [9.17, 15) is 23.1 Å². The van der Waals surface area contributed by atoms with E-state index in [1.807, 2.05) is 6.20 Å². The topological polar surface area (TPSA) is 56.7 Å². The Labute approximate surface area is 255 Å². The fourth-order valence-corrected chi connectivity index (χ4v) is 8.13. The Hall–Kier alpha value is -2.75. The number of rotatable bonds is 10. The highest BCUT2D eigenvalue weighted by molar-refractivity contribution is 7.11. The zero-order chi connectivity index (χ0) is 30.1. The Kier molecular flexibility index (Phi) is 8.94. The molecule has 6 rings (SSSR count). The van der Waals surface area contributed by atoms with E-state index in [4.69, 9.17) is 0 Å². The molecule has 3 aromatic rings. The second kappa shape index (κ2) is 12.7. The molecule has 0 amide bonds. The molecule has 9 heteroatoms. The van der Waals surface area contributed by atoms with Crippen LogP contribution < -0.4 is 0 Å². The number of thiazole rings is 1. The van der Waals surface area contributed by atoms with Crippen LogP contribution in [0.1, 0.15) is 76.1 Å². The fraction of sp³-hybridized carbons (Fsp3) is 0.529. The molecule has 43 heavy (non-hydrogen) atoms. The number of carboxylic acids is 1. The van der Waals surface area contributed by atoms with Gasteiger partial charge in [-0.15, -0.1) is 11.3 Å². The molecule has 2 aliphatic heterocycles. The molecule has 3 fully saturated rings. The second-order valence-electron chi connectivity index (χ2n) is 12.9.